The molecule has 7 nitrogen and oxygen atoms in total. The Kier molecular flexibility index (Phi) is 4.41. The van der Waals surface area contributed by atoms with Crippen molar-refractivity contribution in [2.75, 3.05) is 19.6 Å². The first-order valence-electron chi connectivity index (χ1n) is 11.1. The van der Waals surface area contributed by atoms with E-state index in [9.17, 15) is 9.59 Å². The maximum atomic E-state index is 13.1. The van der Waals surface area contributed by atoms with E-state index in [1.165, 1.54) is 0 Å². The van der Waals surface area contributed by atoms with E-state index in [1.807, 2.05) is 6.92 Å². The minimum Gasteiger partial charge on any atom is -0.379 e. The van der Waals surface area contributed by atoms with E-state index >= 15 is 0 Å². The van der Waals surface area contributed by atoms with Crippen LogP contribution in [0.2, 0.25) is 0 Å². The first-order chi connectivity index (χ1) is 13.5. The summed E-state index contributed by atoms with van der Waals surface area (Å²) in [5, 5.41) is 10.7. The van der Waals surface area contributed by atoms with E-state index in [2.05, 4.69) is 20.7 Å². The Hall–Kier alpha value is -1.63. The number of hydrogen-bond acceptors (Lipinski definition) is 5. The normalized spacial score (nSPS) is 42.0. The second-order valence-electron chi connectivity index (χ2n) is 9.86. The molecule has 2 saturated heterocycles. The fraction of sp³-hybridized carbons (Fsp3) is 0.857. The monoisotopic (exact) mass is 388 g/mol. The van der Waals surface area contributed by atoms with Crippen molar-refractivity contribution in [3.05, 3.63) is 0 Å². The lowest BCUT2D eigenvalue weighted by Crippen LogP contribution is -2.56. The minimum absolute atomic E-state index is 0.0145. The first-order valence-corrected chi connectivity index (χ1v) is 11.1. The van der Waals surface area contributed by atoms with Gasteiger partial charge in [-0.05, 0) is 71.4 Å². The SMILES string of the molecule is CC1(C(=O)N[C@@H]2CCC[C@H]2NC(=O)C23CCCN(CC2)C3)CC(C2CC2)=NO1. The molecule has 5 atom stereocenters. The van der Waals surface area contributed by atoms with E-state index in [-0.39, 0.29) is 29.3 Å². The van der Waals surface area contributed by atoms with Gasteiger partial charge in [-0.3, -0.25) is 9.59 Å². The van der Waals surface area contributed by atoms with E-state index in [1.54, 1.807) is 0 Å². The summed E-state index contributed by atoms with van der Waals surface area (Å²) in [5.74, 6) is 0.623. The molecule has 7 heteroatoms. The van der Waals surface area contributed by atoms with Gasteiger partial charge in [-0.15, -0.1) is 0 Å². The number of piperidine rings is 1. The van der Waals surface area contributed by atoms with Crippen LogP contribution >= 0.6 is 0 Å². The molecular weight excluding hydrogens is 356 g/mol. The van der Waals surface area contributed by atoms with E-state index < -0.39 is 5.60 Å². The van der Waals surface area contributed by atoms with Crippen LogP contribution in [0.1, 0.15) is 64.7 Å². The highest BCUT2D eigenvalue weighted by molar-refractivity contribution is 5.97. The molecule has 3 unspecified atom stereocenters. The molecule has 28 heavy (non-hydrogen) atoms. The maximum Gasteiger partial charge on any atom is 0.267 e. The molecule has 0 radical (unpaired) electrons. The van der Waals surface area contributed by atoms with Crippen molar-refractivity contribution in [3.63, 3.8) is 0 Å². The smallest absolute Gasteiger partial charge is 0.267 e. The Morgan fingerprint density at radius 3 is 2.54 bits per heavy atom. The van der Waals surface area contributed by atoms with Crippen molar-refractivity contribution < 1.29 is 14.4 Å². The molecule has 0 aromatic carbocycles. The molecule has 5 aliphatic rings. The molecule has 2 N–H and O–H groups in total. The highest BCUT2D eigenvalue weighted by atomic mass is 16.7. The van der Waals surface area contributed by atoms with Crippen LogP contribution in [-0.2, 0) is 14.4 Å². The second-order valence-corrected chi connectivity index (χ2v) is 9.86. The van der Waals surface area contributed by atoms with Gasteiger partial charge in [0.25, 0.3) is 5.91 Å². The summed E-state index contributed by atoms with van der Waals surface area (Å²) < 4.78 is 0. The maximum absolute atomic E-state index is 13.1. The van der Waals surface area contributed by atoms with Crippen molar-refractivity contribution >= 4 is 17.5 Å². The van der Waals surface area contributed by atoms with Crippen LogP contribution in [0.3, 0.4) is 0 Å². The zero-order valence-corrected chi connectivity index (χ0v) is 16.8. The number of hydrogen-bond donors (Lipinski definition) is 2. The summed E-state index contributed by atoms with van der Waals surface area (Å²) in [6.07, 6.45) is 8.84. The Bertz CT molecular complexity index is 702. The molecule has 3 aliphatic heterocycles. The van der Waals surface area contributed by atoms with Gasteiger partial charge in [0.15, 0.2) is 0 Å². The molecular formula is C21H32N4O3. The van der Waals surface area contributed by atoms with Crippen LogP contribution in [0, 0.1) is 11.3 Å². The molecule has 0 spiro atoms. The number of oxime groups is 1. The van der Waals surface area contributed by atoms with Gasteiger partial charge in [0.05, 0.1) is 11.1 Å². The number of nitrogens with one attached hydrogen (secondary N) is 2. The molecule has 2 bridgehead atoms. The van der Waals surface area contributed by atoms with Crippen LogP contribution in [0.25, 0.3) is 0 Å². The zero-order valence-electron chi connectivity index (χ0n) is 16.8. The van der Waals surface area contributed by atoms with Gasteiger partial charge in [-0.2, -0.15) is 0 Å². The molecule has 2 saturated carbocycles. The Morgan fingerprint density at radius 1 is 1.04 bits per heavy atom. The number of carbonyl (C=O) groups excluding carboxylic acids is 2. The van der Waals surface area contributed by atoms with E-state index in [4.69, 9.17) is 4.84 Å². The summed E-state index contributed by atoms with van der Waals surface area (Å²) >= 11 is 0. The lowest BCUT2D eigenvalue weighted by molar-refractivity contribution is -0.143. The van der Waals surface area contributed by atoms with Crippen molar-refractivity contribution in [2.24, 2.45) is 16.5 Å². The third-order valence-corrected chi connectivity index (χ3v) is 7.60. The van der Waals surface area contributed by atoms with Gasteiger partial charge in [0.2, 0.25) is 11.5 Å². The van der Waals surface area contributed by atoms with Crippen molar-refractivity contribution in [1.29, 1.82) is 0 Å². The molecule has 2 aliphatic carbocycles. The number of fused-ring (bicyclic) bond motifs is 2. The summed E-state index contributed by atoms with van der Waals surface area (Å²) in [7, 11) is 0. The predicted molar refractivity (Wildman–Crippen MR) is 105 cm³/mol. The molecule has 5 rings (SSSR count). The van der Waals surface area contributed by atoms with Gasteiger partial charge < -0.3 is 20.4 Å². The molecule has 0 aromatic rings. The van der Waals surface area contributed by atoms with Gasteiger partial charge in [0, 0.05) is 31.0 Å². The highest BCUT2D eigenvalue weighted by Crippen LogP contribution is 2.40. The number of nitrogens with zero attached hydrogens (tertiary/aromatic N) is 2. The first kappa shape index (κ1) is 18.4. The third-order valence-electron chi connectivity index (χ3n) is 7.60. The molecule has 3 heterocycles. The van der Waals surface area contributed by atoms with Crippen molar-refractivity contribution in [2.45, 2.75) is 82.4 Å². The van der Waals surface area contributed by atoms with Crippen LogP contribution < -0.4 is 10.6 Å². The lowest BCUT2D eigenvalue weighted by atomic mass is 9.80. The van der Waals surface area contributed by atoms with Crippen molar-refractivity contribution in [1.82, 2.24) is 15.5 Å². The van der Waals surface area contributed by atoms with Gasteiger partial charge in [-0.1, -0.05) is 5.16 Å². The Morgan fingerprint density at radius 2 is 1.79 bits per heavy atom. The molecule has 4 fully saturated rings. The summed E-state index contributed by atoms with van der Waals surface area (Å²) in [6.45, 7) is 4.89. The molecule has 154 valence electrons. The lowest BCUT2D eigenvalue weighted by Gasteiger charge is -2.35. The summed E-state index contributed by atoms with van der Waals surface area (Å²) in [5.41, 5.74) is -0.0671. The van der Waals surface area contributed by atoms with Crippen molar-refractivity contribution in [3.8, 4) is 0 Å². The Balaban J connectivity index is 1.19. The summed E-state index contributed by atoms with van der Waals surface area (Å²) in [6, 6.07) is 0.00923. The molecule has 0 aromatic heterocycles. The number of amides is 2. The highest BCUT2D eigenvalue weighted by Gasteiger charge is 2.49. The topological polar surface area (TPSA) is 83.0 Å². The predicted octanol–water partition coefficient (Wildman–Crippen LogP) is 1.57. The number of rotatable bonds is 5. The van der Waals surface area contributed by atoms with Crippen LogP contribution in [0.5, 0.6) is 0 Å². The fourth-order valence-corrected chi connectivity index (χ4v) is 5.57. The largest absolute Gasteiger partial charge is 0.379 e. The quantitative estimate of drug-likeness (QED) is 0.749. The minimum atomic E-state index is -0.900. The van der Waals surface area contributed by atoms with Gasteiger partial charge in [0.1, 0.15) is 0 Å². The Labute approximate surface area is 166 Å². The summed E-state index contributed by atoms with van der Waals surface area (Å²) in [4.78, 5) is 34.0. The van der Waals surface area contributed by atoms with Gasteiger partial charge >= 0.3 is 0 Å². The van der Waals surface area contributed by atoms with E-state index in [0.717, 1.165) is 76.7 Å². The fourth-order valence-electron chi connectivity index (χ4n) is 5.57. The van der Waals surface area contributed by atoms with Crippen LogP contribution in [0.15, 0.2) is 5.16 Å². The van der Waals surface area contributed by atoms with Gasteiger partial charge in [-0.25, -0.2) is 0 Å². The zero-order chi connectivity index (χ0) is 19.4. The number of carbonyl (C=O) groups is 2. The van der Waals surface area contributed by atoms with Crippen LogP contribution in [0.4, 0.5) is 0 Å². The average molecular weight is 389 g/mol. The standard InChI is InChI=1S/C21H32N4O3/c1-20(12-17(24-28-20)14-6-7-14)18(26)22-15-4-2-5-16(15)23-19(27)21-8-3-10-25(13-21)11-9-21/h14-16H,2-13H2,1H3,(H,22,26)(H,23,27)/t15-,16-,20?,21?/m1/s1. The third kappa shape index (κ3) is 3.21. The average Bonchev–Trinajstić information content (AvgIpc) is 3.21. The second kappa shape index (κ2) is 6.71. The van der Waals surface area contributed by atoms with E-state index in [0.29, 0.717) is 12.3 Å². The van der Waals surface area contributed by atoms with Crippen LogP contribution in [-0.4, -0.2) is 59.7 Å². The molecule has 2 amide bonds.